The summed E-state index contributed by atoms with van der Waals surface area (Å²) in [4.78, 5) is 15.2. The molecule has 0 aromatic heterocycles. The quantitative estimate of drug-likeness (QED) is 0.814. The molecule has 3 rings (SSSR count). The molecule has 144 valence electrons. The molecule has 2 aliphatic heterocycles. The molecule has 0 spiro atoms. The highest BCUT2D eigenvalue weighted by atomic mass is 16.5. The van der Waals surface area contributed by atoms with E-state index in [1.54, 1.807) is 0 Å². The lowest BCUT2D eigenvalue weighted by molar-refractivity contribution is -0.127. The number of hydrogen-bond donors (Lipinski definition) is 2. The maximum absolute atomic E-state index is 12.9. The monoisotopic (exact) mass is 352 g/mol. The van der Waals surface area contributed by atoms with Crippen molar-refractivity contribution < 1.29 is 14.6 Å². The molecule has 5 heteroatoms. The molecule has 1 aliphatic carbocycles. The lowest BCUT2D eigenvalue weighted by Crippen LogP contribution is -2.50. The molecule has 3 aliphatic rings. The largest absolute Gasteiger partial charge is 0.392 e. The second-order valence-corrected chi connectivity index (χ2v) is 9.53. The van der Waals surface area contributed by atoms with E-state index < -0.39 is 0 Å². The Kier molecular flexibility index (Phi) is 6.07. The van der Waals surface area contributed by atoms with Gasteiger partial charge in [-0.1, -0.05) is 20.8 Å². The average Bonchev–Trinajstić information content (AvgIpc) is 2.87. The van der Waals surface area contributed by atoms with Crippen molar-refractivity contribution in [3.63, 3.8) is 0 Å². The highest BCUT2D eigenvalue weighted by molar-refractivity contribution is 5.82. The zero-order valence-corrected chi connectivity index (χ0v) is 16.2. The van der Waals surface area contributed by atoms with Crippen LogP contribution in [0.25, 0.3) is 0 Å². The first-order valence-electron chi connectivity index (χ1n) is 10.1. The number of likely N-dealkylation sites (tertiary alicyclic amines) is 1. The van der Waals surface area contributed by atoms with Crippen LogP contribution in [0.15, 0.2) is 0 Å². The predicted octanol–water partition coefficient (Wildman–Crippen LogP) is 2.18. The van der Waals surface area contributed by atoms with E-state index in [1.165, 1.54) is 6.42 Å². The molecule has 2 heterocycles. The van der Waals surface area contributed by atoms with Crippen molar-refractivity contribution in [3.8, 4) is 0 Å². The molecule has 5 nitrogen and oxygen atoms in total. The summed E-state index contributed by atoms with van der Waals surface area (Å²) < 4.78 is 5.44. The van der Waals surface area contributed by atoms with Crippen LogP contribution in [0.2, 0.25) is 0 Å². The second kappa shape index (κ2) is 7.93. The standard InChI is InChI=1S/C20H36N2O3/c1-14-8-16(11-20(2,3)10-14)21-19(24)18-9-17(23)13-22(18)12-15-4-6-25-7-5-15/h14-18,23H,4-13H2,1-3H3,(H,21,24). The molecule has 3 fully saturated rings. The van der Waals surface area contributed by atoms with Crippen molar-refractivity contribution in [2.24, 2.45) is 17.3 Å². The number of hydrogen-bond acceptors (Lipinski definition) is 4. The Morgan fingerprint density at radius 3 is 2.64 bits per heavy atom. The van der Waals surface area contributed by atoms with E-state index in [0.29, 0.717) is 30.2 Å². The summed E-state index contributed by atoms with van der Waals surface area (Å²) in [6.07, 6.45) is 5.68. The number of β-amino-alcohol motifs (C(OH)–C–C–N with tert-alkyl or cyclic N) is 1. The molecule has 2 saturated heterocycles. The van der Waals surface area contributed by atoms with Crippen molar-refractivity contribution in [3.05, 3.63) is 0 Å². The molecular weight excluding hydrogens is 316 g/mol. The van der Waals surface area contributed by atoms with Gasteiger partial charge in [0.05, 0.1) is 12.1 Å². The van der Waals surface area contributed by atoms with Gasteiger partial charge < -0.3 is 15.2 Å². The summed E-state index contributed by atoms with van der Waals surface area (Å²) in [5.74, 6) is 1.36. The third-order valence-electron chi connectivity index (χ3n) is 6.25. The topological polar surface area (TPSA) is 61.8 Å². The van der Waals surface area contributed by atoms with Gasteiger partial charge in [-0.2, -0.15) is 0 Å². The Bertz CT molecular complexity index is 462. The normalized spacial score (nSPS) is 37.1. The molecule has 0 aromatic carbocycles. The van der Waals surface area contributed by atoms with Crippen LogP contribution in [0.5, 0.6) is 0 Å². The Morgan fingerprint density at radius 1 is 1.24 bits per heavy atom. The van der Waals surface area contributed by atoms with Crippen LogP contribution >= 0.6 is 0 Å². The summed E-state index contributed by atoms with van der Waals surface area (Å²) in [5, 5.41) is 13.5. The van der Waals surface area contributed by atoms with Crippen LogP contribution in [0.4, 0.5) is 0 Å². The predicted molar refractivity (Wildman–Crippen MR) is 98.3 cm³/mol. The van der Waals surface area contributed by atoms with Gasteiger partial charge in [0.15, 0.2) is 0 Å². The van der Waals surface area contributed by atoms with Crippen LogP contribution in [0.1, 0.15) is 59.3 Å². The van der Waals surface area contributed by atoms with Gasteiger partial charge in [0.1, 0.15) is 0 Å². The Labute approximate surface area is 152 Å². The SMILES string of the molecule is CC1CC(NC(=O)C2CC(O)CN2CC2CCOCC2)CC(C)(C)C1. The minimum Gasteiger partial charge on any atom is -0.392 e. The third-order valence-corrected chi connectivity index (χ3v) is 6.25. The number of amides is 1. The fourth-order valence-corrected chi connectivity index (χ4v) is 5.37. The fraction of sp³-hybridized carbons (Fsp3) is 0.950. The molecule has 2 N–H and O–H groups in total. The molecule has 1 amide bonds. The van der Waals surface area contributed by atoms with E-state index in [0.717, 1.165) is 45.4 Å². The van der Waals surface area contributed by atoms with Gasteiger partial charge in [0.2, 0.25) is 5.91 Å². The van der Waals surface area contributed by atoms with E-state index in [2.05, 4.69) is 31.0 Å². The van der Waals surface area contributed by atoms with Gasteiger partial charge in [-0.25, -0.2) is 0 Å². The van der Waals surface area contributed by atoms with Gasteiger partial charge in [-0.05, 0) is 55.8 Å². The highest BCUT2D eigenvalue weighted by Gasteiger charge is 2.39. The maximum Gasteiger partial charge on any atom is 0.237 e. The number of nitrogens with one attached hydrogen (secondary N) is 1. The molecule has 25 heavy (non-hydrogen) atoms. The molecule has 4 atom stereocenters. The Balaban J connectivity index is 1.57. The molecule has 4 unspecified atom stereocenters. The fourth-order valence-electron chi connectivity index (χ4n) is 5.37. The first kappa shape index (κ1) is 19.1. The molecule has 0 aromatic rings. The van der Waals surface area contributed by atoms with Gasteiger partial charge in [-0.3, -0.25) is 9.69 Å². The first-order valence-corrected chi connectivity index (χ1v) is 10.1. The van der Waals surface area contributed by atoms with Crippen LogP contribution in [-0.2, 0) is 9.53 Å². The maximum atomic E-state index is 12.9. The minimum atomic E-state index is -0.377. The number of carbonyl (C=O) groups excluding carboxylic acids is 1. The number of aliphatic hydroxyl groups excluding tert-OH is 1. The lowest BCUT2D eigenvalue weighted by atomic mass is 9.70. The number of carbonyl (C=O) groups is 1. The van der Waals surface area contributed by atoms with Crippen molar-refractivity contribution in [2.45, 2.75) is 77.5 Å². The summed E-state index contributed by atoms with van der Waals surface area (Å²) >= 11 is 0. The molecular formula is C20H36N2O3. The van der Waals surface area contributed by atoms with Crippen molar-refractivity contribution in [2.75, 3.05) is 26.3 Å². The minimum absolute atomic E-state index is 0.124. The lowest BCUT2D eigenvalue weighted by Gasteiger charge is -2.40. The number of nitrogens with zero attached hydrogens (tertiary/aromatic N) is 1. The summed E-state index contributed by atoms with van der Waals surface area (Å²) in [7, 11) is 0. The van der Waals surface area contributed by atoms with Crippen LogP contribution in [0.3, 0.4) is 0 Å². The van der Waals surface area contributed by atoms with E-state index in [9.17, 15) is 9.90 Å². The zero-order valence-electron chi connectivity index (χ0n) is 16.2. The molecule has 0 radical (unpaired) electrons. The van der Waals surface area contributed by atoms with E-state index >= 15 is 0 Å². The third kappa shape index (κ3) is 5.18. The van der Waals surface area contributed by atoms with E-state index in [1.807, 2.05) is 0 Å². The van der Waals surface area contributed by atoms with Gasteiger partial charge in [0, 0.05) is 32.3 Å². The first-order chi connectivity index (χ1) is 11.8. The summed E-state index contributed by atoms with van der Waals surface area (Å²) in [5.41, 5.74) is 0.298. The highest BCUT2D eigenvalue weighted by Crippen LogP contribution is 2.38. The van der Waals surface area contributed by atoms with Crippen molar-refractivity contribution in [1.29, 1.82) is 0 Å². The van der Waals surface area contributed by atoms with Gasteiger partial charge >= 0.3 is 0 Å². The smallest absolute Gasteiger partial charge is 0.237 e. The molecule has 0 bridgehead atoms. The summed E-state index contributed by atoms with van der Waals surface area (Å²) in [6, 6.07) is 0.104. The van der Waals surface area contributed by atoms with Gasteiger partial charge in [-0.15, -0.1) is 0 Å². The Hall–Kier alpha value is -0.650. The number of ether oxygens (including phenoxy) is 1. The summed E-state index contributed by atoms with van der Waals surface area (Å²) in [6.45, 7) is 10.1. The van der Waals surface area contributed by atoms with Crippen LogP contribution in [0, 0.1) is 17.3 Å². The van der Waals surface area contributed by atoms with Crippen molar-refractivity contribution in [1.82, 2.24) is 10.2 Å². The van der Waals surface area contributed by atoms with E-state index in [4.69, 9.17) is 4.74 Å². The number of aliphatic hydroxyl groups is 1. The van der Waals surface area contributed by atoms with Crippen LogP contribution < -0.4 is 5.32 Å². The van der Waals surface area contributed by atoms with Crippen LogP contribution in [-0.4, -0.2) is 60.4 Å². The molecule has 1 saturated carbocycles. The zero-order chi connectivity index (χ0) is 18.0. The Morgan fingerprint density at radius 2 is 1.96 bits per heavy atom. The van der Waals surface area contributed by atoms with E-state index in [-0.39, 0.29) is 24.1 Å². The number of rotatable bonds is 4. The average molecular weight is 353 g/mol. The van der Waals surface area contributed by atoms with Gasteiger partial charge in [0.25, 0.3) is 0 Å². The van der Waals surface area contributed by atoms with Crippen molar-refractivity contribution >= 4 is 5.91 Å². The second-order valence-electron chi connectivity index (χ2n) is 9.53.